The largest absolute Gasteiger partial charge is 0.444 e. The highest BCUT2D eigenvalue weighted by Crippen LogP contribution is 2.34. The zero-order valence-corrected chi connectivity index (χ0v) is 28.2. The van der Waals surface area contributed by atoms with Crippen LogP contribution in [-0.4, -0.2) is 66.9 Å². The Morgan fingerprint density at radius 3 is 2.23 bits per heavy atom. The van der Waals surface area contributed by atoms with E-state index in [9.17, 15) is 14.0 Å². The normalized spacial score (nSPS) is 16.2. The molecule has 2 aliphatic rings. The van der Waals surface area contributed by atoms with Crippen LogP contribution >= 0.6 is 11.3 Å². The van der Waals surface area contributed by atoms with Crippen molar-refractivity contribution in [2.75, 3.05) is 44.3 Å². The van der Waals surface area contributed by atoms with Crippen LogP contribution in [0.3, 0.4) is 0 Å². The number of carbonyl (C=O) groups is 2. The van der Waals surface area contributed by atoms with Gasteiger partial charge in [-0.2, -0.15) is 0 Å². The van der Waals surface area contributed by atoms with E-state index in [2.05, 4.69) is 22.3 Å². The molecule has 2 fully saturated rings. The van der Waals surface area contributed by atoms with Gasteiger partial charge < -0.3 is 24.6 Å². The first-order valence-electron chi connectivity index (χ1n) is 16.1. The van der Waals surface area contributed by atoms with Gasteiger partial charge in [-0.05, 0) is 92.4 Å². The SMILES string of the molecule is C[C@@H](NC(=O)c1cc(N2CCOCC2)nc2ccsc12)c1ccc(C(=C2CCN(C(=O)OC(C)(C)C)CC2)c2ccc(F)cc2)cc1. The van der Waals surface area contributed by atoms with Gasteiger partial charge in [0.15, 0.2) is 0 Å². The van der Waals surface area contributed by atoms with E-state index in [4.69, 9.17) is 14.5 Å². The molecule has 1 N–H and O–H groups in total. The molecular formula is C37H41FN4O4S. The highest BCUT2D eigenvalue weighted by atomic mass is 32.1. The van der Waals surface area contributed by atoms with Crippen LogP contribution in [0.1, 0.15) is 73.6 Å². The molecule has 6 rings (SSSR count). The molecule has 0 spiro atoms. The number of halogens is 1. The highest BCUT2D eigenvalue weighted by molar-refractivity contribution is 7.17. The molecule has 246 valence electrons. The van der Waals surface area contributed by atoms with Crippen LogP contribution in [0.25, 0.3) is 15.8 Å². The van der Waals surface area contributed by atoms with E-state index < -0.39 is 5.60 Å². The molecule has 0 aliphatic carbocycles. The number of piperidine rings is 1. The van der Waals surface area contributed by atoms with E-state index in [0.717, 1.165) is 51.4 Å². The third-order valence-electron chi connectivity index (χ3n) is 8.53. The minimum Gasteiger partial charge on any atom is -0.444 e. The number of benzene rings is 2. The summed E-state index contributed by atoms with van der Waals surface area (Å²) in [6.45, 7) is 11.4. The van der Waals surface area contributed by atoms with Crippen LogP contribution < -0.4 is 10.2 Å². The number of ether oxygens (including phenoxy) is 2. The molecule has 2 aromatic carbocycles. The highest BCUT2D eigenvalue weighted by Gasteiger charge is 2.27. The lowest BCUT2D eigenvalue weighted by molar-refractivity contribution is 0.0236. The minimum atomic E-state index is -0.550. The number of fused-ring (bicyclic) bond motifs is 1. The van der Waals surface area contributed by atoms with Crippen LogP contribution in [0.4, 0.5) is 15.0 Å². The van der Waals surface area contributed by atoms with Gasteiger partial charge in [-0.1, -0.05) is 42.0 Å². The molecule has 0 bridgehead atoms. The average Bonchev–Trinajstić information content (AvgIpc) is 3.54. The molecular weight excluding hydrogens is 615 g/mol. The Hall–Kier alpha value is -4.28. The Balaban J connectivity index is 1.21. The number of thiophene rings is 1. The smallest absolute Gasteiger partial charge is 0.410 e. The van der Waals surface area contributed by atoms with Crippen molar-refractivity contribution >= 4 is 44.9 Å². The van der Waals surface area contributed by atoms with E-state index in [1.54, 1.807) is 17.0 Å². The number of morpholine rings is 1. The summed E-state index contributed by atoms with van der Waals surface area (Å²) < 4.78 is 25.9. The number of nitrogens with zero attached hydrogens (tertiary/aromatic N) is 3. The van der Waals surface area contributed by atoms with E-state index in [1.807, 2.05) is 57.3 Å². The Labute approximate surface area is 279 Å². The lowest BCUT2D eigenvalue weighted by Gasteiger charge is -2.32. The first-order chi connectivity index (χ1) is 22.6. The number of hydrogen-bond acceptors (Lipinski definition) is 7. The van der Waals surface area contributed by atoms with Crippen molar-refractivity contribution in [2.45, 2.75) is 52.2 Å². The minimum absolute atomic E-state index is 0.142. The fourth-order valence-corrected chi connectivity index (χ4v) is 6.93. The second kappa shape index (κ2) is 13.8. The summed E-state index contributed by atoms with van der Waals surface area (Å²) in [4.78, 5) is 35.1. The lowest BCUT2D eigenvalue weighted by atomic mass is 9.88. The molecule has 0 radical (unpaired) electrons. The van der Waals surface area contributed by atoms with E-state index in [1.165, 1.54) is 29.0 Å². The van der Waals surface area contributed by atoms with Gasteiger partial charge in [0, 0.05) is 26.2 Å². The van der Waals surface area contributed by atoms with Crippen LogP contribution in [0, 0.1) is 5.82 Å². The first kappa shape index (κ1) is 32.7. The van der Waals surface area contributed by atoms with Gasteiger partial charge in [-0.15, -0.1) is 11.3 Å². The summed E-state index contributed by atoms with van der Waals surface area (Å²) in [5.41, 5.74) is 6.04. The second-order valence-electron chi connectivity index (χ2n) is 13.0. The number of aromatic nitrogens is 1. The number of pyridine rings is 1. The molecule has 2 amide bonds. The Morgan fingerprint density at radius 1 is 0.957 bits per heavy atom. The summed E-state index contributed by atoms with van der Waals surface area (Å²) in [5.74, 6) is 0.361. The predicted molar refractivity (Wildman–Crippen MR) is 184 cm³/mol. The van der Waals surface area contributed by atoms with Crippen molar-refractivity contribution in [2.24, 2.45) is 0 Å². The zero-order valence-electron chi connectivity index (χ0n) is 27.3. The fraction of sp³-hybridized carbons (Fsp3) is 0.378. The molecule has 0 saturated carbocycles. The number of amides is 2. The molecule has 4 heterocycles. The van der Waals surface area contributed by atoms with Crippen LogP contribution in [0.15, 0.2) is 71.6 Å². The summed E-state index contributed by atoms with van der Waals surface area (Å²) in [6, 6.07) is 18.4. The van der Waals surface area contributed by atoms with Gasteiger partial charge in [0.25, 0.3) is 5.91 Å². The number of likely N-dealkylation sites (tertiary alicyclic amines) is 1. The Kier molecular flexibility index (Phi) is 9.61. The molecule has 0 unspecified atom stereocenters. The average molecular weight is 657 g/mol. The maximum Gasteiger partial charge on any atom is 0.410 e. The topological polar surface area (TPSA) is 84.0 Å². The lowest BCUT2D eigenvalue weighted by Crippen LogP contribution is -2.40. The predicted octanol–water partition coefficient (Wildman–Crippen LogP) is 7.60. The molecule has 2 aliphatic heterocycles. The second-order valence-corrected chi connectivity index (χ2v) is 13.9. The monoisotopic (exact) mass is 656 g/mol. The first-order valence-corrected chi connectivity index (χ1v) is 17.0. The number of rotatable bonds is 6. The standard InChI is InChI=1S/C37H41FN4O4S/c1-24(39-35(43)30-23-32(41-18-20-45-21-19-41)40-31-15-22-47-34(30)31)25-5-7-26(8-6-25)33(27-9-11-29(38)12-10-27)28-13-16-42(17-14-28)36(44)46-37(2,3)4/h5-12,15,22-24H,13-14,16-21H2,1-4H3,(H,39,43)/t24-/m1/s1. The van der Waals surface area contributed by atoms with Gasteiger partial charge in [-0.25, -0.2) is 14.2 Å². The summed E-state index contributed by atoms with van der Waals surface area (Å²) in [7, 11) is 0. The molecule has 4 aromatic rings. The molecule has 10 heteroatoms. The van der Waals surface area contributed by atoms with Crippen molar-refractivity contribution in [3.63, 3.8) is 0 Å². The molecule has 2 aromatic heterocycles. The van der Waals surface area contributed by atoms with E-state index >= 15 is 0 Å². The quantitative estimate of drug-likeness (QED) is 0.230. The number of anilines is 1. The summed E-state index contributed by atoms with van der Waals surface area (Å²) in [5, 5.41) is 5.17. The van der Waals surface area contributed by atoms with Gasteiger partial charge in [0.1, 0.15) is 17.2 Å². The number of carbonyl (C=O) groups excluding carboxylic acids is 2. The molecule has 1 atom stereocenters. The summed E-state index contributed by atoms with van der Waals surface area (Å²) >= 11 is 1.52. The maximum absolute atomic E-state index is 13.9. The Morgan fingerprint density at radius 2 is 1.60 bits per heavy atom. The van der Waals surface area contributed by atoms with Crippen molar-refractivity contribution in [1.82, 2.24) is 15.2 Å². The van der Waals surface area contributed by atoms with Gasteiger partial charge >= 0.3 is 6.09 Å². The third-order valence-corrected chi connectivity index (χ3v) is 9.47. The van der Waals surface area contributed by atoms with Crippen molar-refractivity contribution in [3.05, 3.63) is 99.7 Å². The zero-order chi connectivity index (χ0) is 33.1. The van der Waals surface area contributed by atoms with E-state index in [-0.39, 0.29) is 23.9 Å². The van der Waals surface area contributed by atoms with Gasteiger partial charge in [0.2, 0.25) is 0 Å². The van der Waals surface area contributed by atoms with Gasteiger partial charge in [0.05, 0.1) is 35.0 Å². The van der Waals surface area contributed by atoms with E-state index in [0.29, 0.717) is 44.7 Å². The van der Waals surface area contributed by atoms with Crippen LogP contribution in [0.5, 0.6) is 0 Å². The van der Waals surface area contributed by atoms with Crippen molar-refractivity contribution < 1.29 is 23.5 Å². The van der Waals surface area contributed by atoms with Crippen LogP contribution in [0.2, 0.25) is 0 Å². The molecule has 8 nitrogen and oxygen atoms in total. The third kappa shape index (κ3) is 7.66. The Bertz CT molecular complexity index is 1760. The molecule has 47 heavy (non-hydrogen) atoms. The van der Waals surface area contributed by atoms with Crippen LogP contribution in [-0.2, 0) is 9.47 Å². The summed E-state index contributed by atoms with van der Waals surface area (Å²) in [6.07, 6.45) is 1.08. The number of nitrogens with one attached hydrogen (secondary N) is 1. The van der Waals surface area contributed by atoms with Crippen molar-refractivity contribution in [3.8, 4) is 0 Å². The number of hydrogen-bond donors (Lipinski definition) is 1. The molecule has 2 saturated heterocycles. The van der Waals surface area contributed by atoms with Gasteiger partial charge in [-0.3, -0.25) is 4.79 Å². The van der Waals surface area contributed by atoms with Crippen molar-refractivity contribution in [1.29, 1.82) is 0 Å². The fourth-order valence-electron chi connectivity index (χ4n) is 6.09. The maximum atomic E-state index is 13.9.